The van der Waals surface area contributed by atoms with Crippen LogP contribution < -0.4 is 4.90 Å². The van der Waals surface area contributed by atoms with Crippen LogP contribution in [0.3, 0.4) is 0 Å². The molecule has 63 heavy (non-hydrogen) atoms. The molecule has 0 aliphatic carbocycles. The quantitative estimate of drug-likeness (QED) is 0.156. The van der Waals surface area contributed by atoms with Gasteiger partial charge in [-0.1, -0.05) is 180 Å². The standard InChI is InChI=1S/C52H37NO.C9H12/c1-34-12-3-5-14-42(34)49-32-38(23-22-35(49)2)36-24-28-40(29-25-36)53(50-33-39-13-4-6-15-43(39)45-16-7-8-17-46(45)50)41-30-26-37(27-31-41)44-19-11-20-48-47-18-9-10-21-51(47)54-52(44)48;1-7-4-8(2)6-9(3)5-7/h3-33H,1-2H3;4-6H,1-3H3. The number of fused-ring (bicyclic) bond motifs is 6. The van der Waals surface area contributed by atoms with E-state index in [2.05, 4.69) is 234 Å². The summed E-state index contributed by atoms with van der Waals surface area (Å²) in [5.41, 5.74) is 18.9. The second-order valence-corrected chi connectivity index (χ2v) is 16.9. The Bertz CT molecular complexity index is 3390. The minimum atomic E-state index is 0.909. The highest BCUT2D eigenvalue weighted by atomic mass is 16.3. The summed E-state index contributed by atoms with van der Waals surface area (Å²) in [6, 6.07) is 74.5. The number of anilines is 3. The van der Waals surface area contributed by atoms with Crippen molar-refractivity contribution in [2.45, 2.75) is 34.6 Å². The first-order valence-electron chi connectivity index (χ1n) is 21.8. The number of rotatable bonds is 6. The summed E-state index contributed by atoms with van der Waals surface area (Å²) in [5, 5.41) is 7.19. The number of para-hydroxylation sites is 2. The fourth-order valence-corrected chi connectivity index (χ4v) is 9.38. The minimum Gasteiger partial charge on any atom is -0.455 e. The lowest BCUT2D eigenvalue weighted by Gasteiger charge is -2.28. The molecule has 11 rings (SSSR count). The predicted octanol–water partition coefficient (Wildman–Crippen LogP) is 17.6. The van der Waals surface area contributed by atoms with Gasteiger partial charge in [0.05, 0.1) is 5.69 Å². The third-order valence-corrected chi connectivity index (χ3v) is 12.3. The number of benzene rings is 10. The summed E-state index contributed by atoms with van der Waals surface area (Å²) in [7, 11) is 0. The van der Waals surface area contributed by atoms with Gasteiger partial charge in [-0.3, -0.25) is 0 Å². The normalized spacial score (nSPS) is 11.3. The molecule has 0 atom stereocenters. The van der Waals surface area contributed by atoms with Gasteiger partial charge in [0.2, 0.25) is 0 Å². The Hall–Kier alpha value is -7.68. The monoisotopic (exact) mass is 811 g/mol. The van der Waals surface area contributed by atoms with Crippen LogP contribution >= 0.6 is 0 Å². The Kier molecular flexibility index (Phi) is 10.4. The molecule has 0 saturated heterocycles. The summed E-state index contributed by atoms with van der Waals surface area (Å²) in [4.78, 5) is 2.40. The van der Waals surface area contributed by atoms with Gasteiger partial charge in [-0.05, 0) is 132 Å². The maximum atomic E-state index is 6.43. The topological polar surface area (TPSA) is 16.4 Å². The van der Waals surface area contributed by atoms with Gasteiger partial charge in [0.15, 0.2) is 0 Å². The largest absolute Gasteiger partial charge is 0.455 e. The van der Waals surface area contributed by atoms with E-state index >= 15 is 0 Å². The average molecular weight is 812 g/mol. The molecule has 304 valence electrons. The second-order valence-electron chi connectivity index (χ2n) is 16.9. The van der Waals surface area contributed by atoms with Crippen LogP contribution in [0.15, 0.2) is 211 Å². The van der Waals surface area contributed by atoms with E-state index in [0.717, 1.165) is 50.1 Å². The van der Waals surface area contributed by atoms with Gasteiger partial charge in [0, 0.05) is 33.1 Å². The van der Waals surface area contributed by atoms with E-state index in [-0.39, 0.29) is 0 Å². The molecule has 0 unspecified atom stereocenters. The molecule has 2 nitrogen and oxygen atoms in total. The molecule has 0 radical (unpaired) electrons. The number of nitrogens with zero attached hydrogens (tertiary/aromatic N) is 1. The van der Waals surface area contributed by atoms with E-state index in [4.69, 9.17) is 4.42 Å². The molecule has 1 heterocycles. The molecule has 1 aromatic heterocycles. The Morgan fingerprint density at radius 3 is 1.56 bits per heavy atom. The van der Waals surface area contributed by atoms with Gasteiger partial charge in [-0.15, -0.1) is 0 Å². The van der Waals surface area contributed by atoms with Crippen molar-refractivity contribution in [1.29, 1.82) is 0 Å². The van der Waals surface area contributed by atoms with Crippen LogP contribution in [0.25, 0.3) is 76.9 Å². The van der Waals surface area contributed by atoms with Gasteiger partial charge < -0.3 is 9.32 Å². The maximum Gasteiger partial charge on any atom is 0.143 e. The molecule has 0 spiro atoms. The van der Waals surface area contributed by atoms with Crippen molar-refractivity contribution in [2.24, 2.45) is 0 Å². The molecule has 0 bridgehead atoms. The molecule has 0 amide bonds. The van der Waals surface area contributed by atoms with E-state index < -0.39 is 0 Å². The minimum absolute atomic E-state index is 0.909. The van der Waals surface area contributed by atoms with Gasteiger partial charge >= 0.3 is 0 Å². The Labute approximate surface area is 370 Å². The molecular weight excluding hydrogens is 763 g/mol. The molecule has 0 aliphatic rings. The van der Waals surface area contributed by atoms with E-state index in [9.17, 15) is 0 Å². The number of aryl methyl sites for hydroxylation is 5. The highest BCUT2D eigenvalue weighted by molar-refractivity contribution is 6.15. The van der Waals surface area contributed by atoms with Crippen LogP contribution in [0.4, 0.5) is 17.1 Å². The van der Waals surface area contributed by atoms with Crippen LogP contribution in [0.5, 0.6) is 0 Å². The van der Waals surface area contributed by atoms with E-state index in [0.29, 0.717) is 0 Å². The van der Waals surface area contributed by atoms with Crippen molar-refractivity contribution in [3.8, 4) is 33.4 Å². The lowest BCUT2D eigenvalue weighted by molar-refractivity contribution is 0.670. The maximum absolute atomic E-state index is 6.43. The highest BCUT2D eigenvalue weighted by Crippen LogP contribution is 2.44. The lowest BCUT2D eigenvalue weighted by atomic mass is 9.93. The van der Waals surface area contributed by atoms with Crippen LogP contribution in [-0.4, -0.2) is 0 Å². The van der Waals surface area contributed by atoms with Crippen molar-refractivity contribution < 1.29 is 4.42 Å². The van der Waals surface area contributed by atoms with Crippen molar-refractivity contribution in [3.05, 3.63) is 234 Å². The molecule has 0 aliphatic heterocycles. The number of hydrogen-bond donors (Lipinski definition) is 0. The summed E-state index contributed by atoms with van der Waals surface area (Å²) in [6.07, 6.45) is 0. The summed E-state index contributed by atoms with van der Waals surface area (Å²) in [5.74, 6) is 0. The SMILES string of the molecule is Cc1cc(C)cc(C)c1.Cc1ccccc1-c1cc(-c2ccc(N(c3ccc(-c4cccc5c4oc4ccccc45)cc3)c3cc4ccccc4c4ccccc34)cc2)ccc1C. The van der Waals surface area contributed by atoms with Gasteiger partial charge in [-0.25, -0.2) is 0 Å². The molecule has 0 N–H and O–H groups in total. The first kappa shape index (κ1) is 39.5. The molecule has 10 aromatic carbocycles. The zero-order chi connectivity index (χ0) is 43.0. The van der Waals surface area contributed by atoms with Crippen molar-refractivity contribution >= 4 is 60.5 Å². The summed E-state index contributed by atoms with van der Waals surface area (Å²) >= 11 is 0. The molecule has 2 heteroatoms. The van der Waals surface area contributed by atoms with E-state index in [1.54, 1.807) is 0 Å². The van der Waals surface area contributed by atoms with Gasteiger partial charge in [-0.2, -0.15) is 0 Å². The van der Waals surface area contributed by atoms with Gasteiger partial charge in [0.25, 0.3) is 0 Å². The molecule has 0 saturated carbocycles. The fourth-order valence-electron chi connectivity index (χ4n) is 9.38. The number of furan rings is 1. The second kappa shape index (κ2) is 16.6. The Balaban J connectivity index is 0.000000469. The molecule has 0 fully saturated rings. The summed E-state index contributed by atoms with van der Waals surface area (Å²) in [6.45, 7) is 10.8. The van der Waals surface area contributed by atoms with Crippen LogP contribution in [0.1, 0.15) is 27.8 Å². The fraction of sp³-hybridized carbons (Fsp3) is 0.0820. The van der Waals surface area contributed by atoms with Crippen molar-refractivity contribution in [1.82, 2.24) is 0 Å². The van der Waals surface area contributed by atoms with E-state index in [1.807, 2.05) is 12.1 Å². The predicted molar refractivity (Wildman–Crippen MR) is 270 cm³/mol. The Morgan fingerprint density at radius 2 is 0.857 bits per heavy atom. The zero-order valence-corrected chi connectivity index (χ0v) is 36.5. The third-order valence-electron chi connectivity index (χ3n) is 12.3. The Morgan fingerprint density at radius 1 is 0.333 bits per heavy atom. The van der Waals surface area contributed by atoms with Crippen molar-refractivity contribution in [3.63, 3.8) is 0 Å². The smallest absolute Gasteiger partial charge is 0.143 e. The zero-order valence-electron chi connectivity index (χ0n) is 36.5. The van der Waals surface area contributed by atoms with Gasteiger partial charge in [0.1, 0.15) is 11.2 Å². The molecular formula is C61H49NO. The van der Waals surface area contributed by atoms with Crippen LogP contribution in [0.2, 0.25) is 0 Å². The van der Waals surface area contributed by atoms with Crippen molar-refractivity contribution in [2.75, 3.05) is 4.90 Å². The lowest BCUT2D eigenvalue weighted by Crippen LogP contribution is -2.10. The molecule has 11 aromatic rings. The highest BCUT2D eigenvalue weighted by Gasteiger charge is 2.19. The third kappa shape index (κ3) is 7.66. The first-order valence-corrected chi connectivity index (χ1v) is 21.8. The number of hydrogen-bond acceptors (Lipinski definition) is 2. The van der Waals surface area contributed by atoms with E-state index in [1.165, 1.54) is 71.6 Å². The average Bonchev–Trinajstić information content (AvgIpc) is 3.69. The summed E-state index contributed by atoms with van der Waals surface area (Å²) < 4.78 is 6.43. The first-order chi connectivity index (χ1) is 30.8. The van der Waals surface area contributed by atoms with Crippen LogP contribution in [-0.2, 0) is 0 Å². The van der Waals surface area contributed by atoms with Crippen LogP contribution in [0, 0.1) is 34.6 Å².